The monoisotopic (exact) mass is 297 g/mol. The summed E-state index contributed by atoms with van der Waals surface area (Å²) in [7, 11) is 0. The number of aldehydes is 1. The molecule has 9 heteroatoms. The summed E-state index contributed by atoms with van der Waals surface area (Å²) in [4.78, 5) is 30.4. The van der Waals surface area contributed by atoms with Gasteiger partial charge in [0.15, 0.2) is 11.4 Å². The molecule has 1 saturated carbocycles. The first kappa shape index (κ1) is 12.4. The van der Waals surface area contributed by atoms with Crippen LogP contribution in [0.4, 0.5) is 0 Å². The molecule has 0 saturated heterocycles. The first-order valence-corrected chi connectivity index (χ1v) is 6.70. The van der Waals surface area contributed by atoms with Gasteiger partial charge in [-0.1, -0.05) is 11.6 Å². The van der Waals surface area contributed by atoms with E-state index in [1.54, 1.807) is 4.57 Å². The van der Waals surface area contributed by atoms with Crippen molar-refractivity contribution < 1.29 is 4.79 Å². The fourth-order valence-corrected chi connectivity index (χ4v) is 2.83. The summed E-state index contributed by atoms with van der Waals surface area (Å²) < 4.78 is 1.58. The lowest BCUT2D eigenvalue weighted by Gasteiger charge is -2.04. The molecule has 19 heavy (non-hydrogen) atoms. The first-order valence-electron chi connectivity index (χ1n) is 5.51. The highest BCUT2D eigenvalue weighted by atomic mass is 35.5. The Morgan fingerprint density at radius 3 is 2.95 bits per heavy atom. The third-order valence-electron chi connectivity index (χ3n) is 2.69. The molecule has 1 fully saturated rings. The lowest BCUT2D eigenvalue weighted by molar-refractivity contribution is 0.112. The van der Waals surface area contributed by atoms with Gasteiger partial charge in [0.05, 0.1) is 5.56 Å². The maximum atomic E-state index is 11.6. The van der Waals surface area contributed by atoms with Crippen molar-refractivity contribution in [1.82, 2.24) is 24.7 Å². The highest BCUT2D eigenvalue weighted by Gasteiger charge is 2.29. The molecule has 0 radical (unpaired) electrons. The van der Waals surface area contributed by atoms with Crippen molar-refractivity contribution >= 4 is 29.6 Å². The minimum Gasteiger partial charge on any atom is -0.298 e. The number of aromatic nitrogens is 5. The van der Waals surface area contributed by atoms with Crippen LogP contribution in [0.2, 0.25) is 5.15 Å². The SMILES string of the molecule is O=Cc1c(Cl)ncnc1Sc1n[nH]c(=O)n1C1CC1. The smallest absolute Gasteiger partial charge is 0.298 e. The number of H-pyrrole nitrogens is 1. The number of hydrogen-bond donors (Lipinski definition) is 1. The van der Waals surface area contributed by atoms with E-state index < -0.39 is 0 Å². The second kappa shape index (κ2) is 4.78. The van der Waals surface area contributed by atoms with Crippen molar-refractivity contribution in [2.75, 3.05) is 0 Å². The van der Waals surface area contributed by atoms with Crippen LogP contribution in [0.1, 0.15) is 29.2 Å². The van der Waals surface area contributed by atoms with Gasteiger partial charge < -0.3 is 0 Å². The molecular weight excluding hydrogens is 290 g/mol. The summed E-state index contributed by atoms with van der Waals surface area (Å²) in [5, 5.41) is 7.30. The van der Waals surface area contributed by atoms with E-state index >= 15 is 0 Å². The van der Waals surface area contributed by atoms with E-state index in [1.165, 1.54) is 6.33 Å². The molecule has 7 nitrogen and oxygen atoms in total. The van der Waals surface area contributed by atoms with E-state index in [0.29, 0.717) is 16.5 Å². The Labute approximate surface area is 116 Å². The fourth-order valence-electron chi connectivity index (χ4n) is 1.64. The van der Waals surface area contributed by atoms with Crippen LogP contribution in [0.3, 0.4) is 0 Å². The number of aromatic amines is 1. The van der Waals surface area contributed by atoms with Crippen LogP contribution in [0.15, 0.2) is 21.3 Å². The topological polar surface area (TPSA) is 93.5 Å². The second-order valence-electron chi connectivity index (χ2n) is 4.02. The molecule has 1 aliphatic rings. The van der Waals surface area contributed by atoms with E-state index in [-0.39, 0.29) is 22.4 Å². The lowest BCUT2D eigenvalue weighted by Crippen LogP contribution is -2.16. The van der Waals surface area contributed by atoms with E-state index in [2.05, 4.69) is 20.2 Å². The minimum absolute atomic E-state index is 0.0864. The molecule has 3 rings (SSSR count). The van der Waals surface area contributed by atoms with Crippen molar-refractivity contribution in [3.05, 3.63) is 27.5 Å². The Morgan fingerprint density at radius 2 is 2.26 bits per heavy atom. The van der Waals surface area contributed by atoms with E-state index in [4.69, 9.17) is 11.6 Å². The molecule has 0 spiro atoms. The molecule has 0 bridgehead atoms. The van der Waals surface area contributed by atoms with Crippen molar-refractivity contribution in [2.24, 2.45) is 0 Å². The summed E-state index contributed by atoms with van der Waals surface area (Å²) in [6, 6.07) is 0.186. The molecule has 0 unspecified atom stereocenters. The summed E-state index contributed by atoms with van der Waals surface area (Å²) in [6.45, 7) is 0. The number of nitrogens with one attached hydrogen (secondary N) is 1. The molecule has 2 heterocycles. The van der Waals surface area contributed by atoms with Crippen LogP contribution in [-0.4, -0.2) is 31.0 Å². The number of halogens is 1. The predicted octanol–water partition coefficient (Wildman–Crippen LogP) is 1.31. The Kier molecular flexibility index (Phi) is 3.11. The maximum Gasteiger partial charge on any atom is 0.344 e. The summed E-state index contributed by atoms with van der Waals surface area (Å²) in [5.74, 6) is 0. The molecule has 2 aromatic rings. The van der Waals surface area contributed by atoms with Crippen LogP contribution in [0, 0.1) is 0 Å². The minimum atomic E-state index is -0.252. The van der Waals surface area contributed by atoms with Crippen molar-refractivity contribution in [3.8, 4) is 0 Å². The zero-order valence-electron chi connectivity index (χ0n) is 9.54. The van der Waals surface area contributed by atoms with Gasteiger partial charge in [0, 0.05) is 6.04 Å². The number of carbonyl (C=O) groups excluding carboxylic acids is 1. The van der Waals surface area contributed by atoms with E-state index in [1.807, 2.05) is 0 Å². The average molecular weight is 298 g/mol. The molecular formula is C10H8ClN5O2S. The standard InChI is InChI=1S/C10H8ClN5O2S/c11-7-6(3-17)8(13-4-12-7)19-10-15-14-9(18)16(10)5-1-2-5/h3-5H,1-2H2,(H,14,18). The number of hydrogen-bond acceptors (Lipinski definition) is 6. The largest absolute Gasteiger partial charge is 0.344 e. The Morgan fingerprint density at radius 1 is 1.47 bits per heavy atom. The third kappa shape index (κ3) is 2.28. The van der Waals surface area contributed by atoms with Crippen LogP contribution >= 0.6 is 23.4 Å². The Bertz CT molecular complexity index is 693. The zero-order chi connectivity index (χ0) is 13.4. The van der Waals surface area contributed by atoms with Gasteiger partial charge in [0.1, 0.15) is 16.5 Å². The summed E-state index contributed by atoms with van der Waals surface area (Å²) in [5.41, 5.74) is -0.0511. The molecule has 0 aromatic carbocycles. The van der Waals surface area contributed by atoms with Crippen molar-refractivity contribution in [3.63, 3.8) is 0 Å². The number of nitrogens with zero attached hydrogens (tertiary/aromatic N) is 4. The lowest BCUT2D eigenvalue weighted by atomic mass is 10.4. The van der Waals surface area contributed by atoms with Gasteiger partial charge in [-0.2, -0.15) is 0 Å². The van der Waals surface area contributed by atoms with Gasteiger partial charge in [-0.15, -0.1) is 5.10 Å². The van der Waals surface area contributed by atoms with Crippen LogP contribution < -0.4 is 5.69 Å². The number of rotatable bonds is 4. The molecule has 0 atom stereocenters. The maximum absolute atomic E-state index is 11.6. The van der Waals surface area contributed by atoms with Gasteiger partial charge in [0.2, 0.25) is 0 Å². The normalized spacial score (nSPS) is 14.6. The average Bonchev–Trinajstić information content (AvgIpc) is 3.15. The predicted molar refractivity (Wildman–Crippen MR) is 67.7 cm³/mol. The first-order chi connectivity index (χ1) is 9.20. The van der Waals surface area contributed by atoms with Crippen LogP contribution in [0.25, 0.3) is 0 Å². The van der Waals surface area contributed by atoms with Gasteiger partial charge in [-0.25, -0.2) is 19.9 Å². The van der Waals surface area contributed by atoms with Crippen molar-refractivity contribution in [1.29, 1.82) is 0 Å². The Hall–Kier alpha value is -1.67. The summed E-state index contributed by atoms with van der Waals surface area (Å²) in [6.07, 6.45) is 3.77. The fraction of sp³-hybridized carbons (Fsp3) is 0.300. The Balaban J connectivity index is 2.00. The van der Waals surface area contributed by atoms with Gasteiger partial charge >= 0.3 is 5.69 Å². The van der Waals surface area contributed by atoms with Gasteiger partial charge in [0.25, 0.3) is 0 Å². The molecule has 1 aliphatic carbocycles. The molecule has 0 amide bonds. The van der Waals surface area contributed by atoms with Crippen LogP contribution in [0.5, 0.6) is 0 Å². The van der Waals surface area contributed by atoms with Crippen LogP contribution in [-0.2, 0) is 0 Å². The quantitative estimate of drug-likeness (QED) is 0.675. The zero-order valence-corrected chi connectivity index (χ0v) is 11.1. The number of carbonyl (C=O) groups is 1. The molecule has 1 N–H and O–H groups in total. The molecule has 98 valence electrons. The highest BCUT2D eigenvalue weighted by Crippen LogP contribution is 2.38. The summed E-state index contributed by atoms with van der Waals surface area (Å²) >= 11 is 6.95. The second-order valence-corrected chi connectivity index (χ2v) is 5.33. The molecule has 0 aliphatic heterocycles. The van der Waals surface area contributed by atoms with Gasteiger partial charge in [-0.05, 0) is 24.6 Å². The highest BCUT2D eigenvalue weighted by molar-refractivity contribution is 7.99. The van der Waals surface area contributed by atoms with Gasteiger partial charge in [-0.3, -0.25) is 9.36 Å². The van der Waals surface area contributed by atoms with Crippen molar-refractivity contribution in [2.45, 2.75) is 29.1 Å². The third-order valence-corrected chi connectivity index (χ3v) is 3.98. The molecule has 2 aromatic heterocycles. The van der Waals surface area contributed by atoms with E-state index in [0.717, 1.165) is 24.6 Å². The van der Waals surface area contributed by atoms with E-state index in [9.17, 15) is 9.59 Å².